The Hall–Kier alpha value is -3.21. The van der Waals surface area contributed by atoms with Gasteiger partial charge in [-0.3, -0.25) is 9.59 Å². The molecule has 0 aliphatic rings. The summed E-state index contributed by atoms with van der Waals surface area (Å²) in [5, 5.41) is 15.5. The van der Waals surface area contributed by atoms with E-state index in [0.717, 1.165) is 0 Å². The molecule has 3 rings (SSSR count). The first-order chi connectivity index (χ1) is 14.2. The number of rotatable bonds is 7. The Morgan fingerprint density at radius 1 is 0.900 bits per heavy atom. The summed E-state index contributed by atoms with van der Waals surface area (Å²) in [4.78, 5) is 25.0. The number of primary sulfonamides is 1. The third kappa shape index (κ3) is 5.66. The third-order valence-electron chi connectivity index (χ3n) is 4.11. The molecule has 10 heteroatoms. The standard InChI is InChI=1S/C20H20N4O4S2/c1-13(19(25)23-16-8-10-17(11-9-16)30(21,27)28)22-14-4-6-15(7-5-14)24-20(26)18-3-2-12-29-18/h2-13,22H,1H3,(H,23,25)(H,24,26)(H2,21,27,28). The second-order valence-corrected chi connectivity index (χ2v) is 8.94. The van der Waals surface area contributed by atoms with Gasteiger partial charge in [-0.15, -0.1) is 11.3 Å². The van der Waals surface area contributed by atoms with Gasteiger partial charge < -0.3 is 16.0 Å². The molecule has 2 aromatic carbocycles. The van der Waals surface area contributed by atoms with E-state index in [1.54, 1.807) is 37.3 Å². The number of nitrogens with two attached hydrogens (primary N) is 1. The number of nitrogens with one attached hydrogen (secondary N) is 3. The van der Waals surface area contributed by atoms with E-state index >= 15 is 0 Å². The molecule has 1 heterocycles. The predicted octanol–water partition coefficient (Wildman–Crippen LogP) is 3.09. The number of sulfonamides is 1. The molecule has 0 bridgehead atoms. The minimum Gasteiger partial charge on any atom is -0.374 e. The zero-order valence-corrected chi connectivity index (χ0v) is 17.6. The van der Waals surface area contributed by atoms with E-state index in [9.17, 15) is 18.0 Å². The highest BCUT2D eigenvalue weighted by Gasteiger charge is 2.14. The van der Waals surface area contributed by atoms with Crippen molar-refractivity contribution in [3.05, 3.63) is 70.9 Å². The lowest BCUT2D eigenvalue weighted by Gasteiger charge is -2.16. The second kappa shape index (κ2) is 9.08. The van der Waals surface area contributed by atoms with Crippen molar-refractivity contribution in [2.45, 2.75) is 17.9 Å². The maximum Gasteiger partial charge on any atom is 0.265 e. The van der Waals surface area contributed by atoms with Crippen molar-refractivity contribution in [3.8, 4) is 0 Å². The Balaban J connectivity index is 1.55. The largest absolute Gasteiger partial charge is 0.374 e. The monoisotopic (exact) mass is 444 g/mol. The van der Waals surface area contributed by atoms with Gasteiger partial charge in [-0.05, 0) is 66.9 Å². The van der Waals surface area contributed by atoms with Gasteiger partial charge in [-0.25, -0.2) is 13.6 Å². The molecule has 0 aliphatic carbocycles. The number of anilines is 3. The van der Waals surface area contributed by atoms with Crippen molar-refractivity contribution >= 4 is 50.2 Å². The summed E-state index contributed by atoms with van der Waals surface area (Å²) in [6.07, 6.45) is 0. The Bertz CT molecular complexity index is 1130. The molecule has 30 heavy (non-hydrogen) atoms. The third-order valence-corrected chi connectivity index (χ3v) is 5.91. The Labute approximate surface area is 178 Å². The molecule has 2 amide bonds. The number of hydrogen-bond donors (Lipinski definition) is 4. The molecule has 0 radical (unpaired) electrons. The van der Waals surface area contributed by atoms with Crippen LogP contribution >= 0.6 is 11.3 Å². The molecule has 1 aromatic heterocycles. The van der Waals surface area contributed by atoms with Crippen molar-refractivity contribution in [3.63, 3.8) is 0 Å². The van der Waals surface area contributed by atoms with Crippen LogP contribution < -0.4 is 21.1 Å². The van der Waals surface area contributed by atoms with Crippen LogP contribution in [-0.4, -0.2) is 26.3 Å². The zero-order valence-electron chi connectivity index (χ0n) is 16.0. The minimum absolute atomic E-state index is 0.0297. The highest BCUT2D eigenvalue weighted by atomic mass is 32.2. The molecule has 8 nitrogen and oxygen atoms in total. The fraction of sp³-hybridized carbons (Fsp3) is 0.100. The van der Waals surface area contributed by atoms with E-state index in [4.69, 9.17) is 5.14 Å². The highest BCUT2D eigenvalue weighted by molar-refractivity contribution is 7.89. The lowest BCUT2D eigenvalue weighted by Crippen LogP contribution is -2.31. The van der Waals surface area contributed by atoms with Gasteiger partial charge in [0.05, 0.1) is 9.77 Å². The van der Waals surface area contributed by atoms with Gasteiger partial charge in [0.1, 0.15) is 6.04 Å². The summed E-state index contributed by atoms with van der Waals surface area (Å²) >= 11 is 1.36. The fourth-order valence-corrected chi connectivity index (χ4v) is 3.68. The van der Waals surface area contributed by atoms with Gasteiger partial charge in [0, 0.05) is 17.1 Å². The average Bonchev–Trinajstić information content (AvgIpc) is 3.24. The number of thiophene rings is 1. The molecule has 5 N–H and O–H groups in total. The van der Waals surface area contributed by atoms with Crippen LogP contribution in [-0.2, 0) is 14.8 Å². The normalized spacial score (nSPS) is 12.1. The zero-order chi connectivity index (χ0) is 21.7. The van der Waals surface area contributed by atoms with Crippen LogP contribution in [0.4, 0.5) is 17.1 Å². The van der Waals surface area contributed by atoms with E-state index in [-0.39, 0.29) is 16.7 Å². The number of carbonyl (C=O) groups excluding carboxylic acids is 2. The molecule has 1 atom stereocenters. The Kier molecular flexibility index (Phi) is 6.50. The molecule has 3 aromatic rings. The summed E-state index contributed by atoms with van der Waals surface area (Å²) in [7, 11) is -3.78. The Morgan fingerprint density at radius 3 is 2.03 bits per heavy atom. The number of amides is 2. The van der Waals surface area contributed by atoms with Crippen molar-refractivity contribution < 1.29 is 18.0 Å². The summed E-state index contributed by atoms with van der Waals surface area (Å²) in [6, 6.07) is 15.6. The topological polar surface area (TPSA) is 130 Å². The van der Waals surface area contributed by atoms with Crippen LogP contribution in [0.25, 0.3) is 0 Å². The van der Waals surface area contributed by atoms with Crippen molar-refractivity contribution in [1.29, 1.82) is 0 Å². The molecule has 0 saturated heterocycles. The van der Waals surface area contributed by atoms with E-state index in [1.807, 2.05) is 11.4 Å². The molecule has 0 aliphatic heterocycles. The fourth-order valence-electron chi connectivity index (χ4n) is 2.54. The summed E-state index contributed by atoms with van der Waals surface area (Å²) < 4.78 is 22.6. The van der Waals surface area contributed by atoms with Gasteiger partial charge >= 0.3 is 0 Å². The molecule has 0 saturated carbocycles. The smallest absolute Gasteiger partial charge is 0.265 e. The minimum atomic E-state index is -3.78. The van der Waals surface area contributed by atoms with Crippen LogP contribution in [0.5, 0.6) is 0 Å². The lowest BCUT2D eigenvalue weighted by molar-refractivity contribution is -0.116. The number of carbonyl (C=O) groups is 2. The van der Waals surface area contributed by atoms with Crippen LogP contribution in [0, 0.1) is 0 Å². The highest BCUT2D eigenvalue weighted by Crippen LogP contribution is 2.18. The van der Waals surface area contributed by atoms with Gasteiger partial charge in [0.2, 0.25) is 15.9 Å². The first kappa shape index (κ1) is 21.5. The molecule has 0 fully saturated rings. The van der Waals surface area contributed by atoms with Crippen molar-refractivity contribution in [2.24, 2.45) is 5.14 Å². The van der Waals surface area contributed by atoms with Crippen molar-refractivity contribution in [2.75, 3.05) is 16.0 Å². The maximum atomic E-state index is 12.4. The lowest BCUT2D eigenvalue weighted by atomic mass is 10.2. The van der Waals surface area contributed by atoms with Crippen LogP contribution in [0.2, 0.25) is 0 Å². The molecule has 156 valence electrons. The van der Waals surface area contributed by atoms with Gasteiger partial charge in [-0.1, -0.05) is 6.07 Å². The van der Waals surface area contributed by atoms with Crippen molar-refractivity contribution in [1.82, 2.24) is 0 Å². The molecule has 0 spiro atoms. The van der Waals surface area contributed by atoms with Crippen LogP contribution in [0.15, 0.2) is 70.9 Å². The quantitative estimate of drug-likeness (QED) is 0.445. The van der Waals surface area contributed by atoms with E-state index in [1.165, 1.54) is 35.6 Å². The maximum absolute atomic E-state index is 12.4. The summed E-state index contributed by atoms with van der Waals surface area (Å²) in [6.45, 7) is 1.69. The van der Waals surface area contributed by atoms with E-state index in [0.29, 0.717) is 21.9 Å². The van der Waals surface area contributed by atoms with Crippen LogP contribution in [0.1, 0.15) is 16.6 Å². The van der Waals surface area contributed by atoms with Gasteiger partial charge in [-0.2, -0.15) is 0 Å². The number of benzene rings is 2. The Morgan fingerprint density at radius 2 is 1.47 bits per heavy atom. The second-order valence-electron chi connectivity index (χ2n) is 6.43. The van der Waals surface area contributed by atoms with E-state index in [2.05, 4.69) is 16.0 Å². The predicted molar refractivity (Wildman–Crippen MR) is 118 cm³/mol. The first-order valence-electron chi connectivity index (χ1n) is 8.87. The molecular formula is C20H20N4O4S2. The number of hydrogen-bond acceptors (Lipinski definition) is 6. The van der Waals surface area contributed by atoms with Gasteiger partial charge in [0.15, 0.2) is 0 Å². The average molecular weight is 445 g/mol. The van der Waals surface area contributed by atoms with Gasteiger partial charge in [0.25, 0.3) is 5.91 Å². The molecular weight excluding hydrogens is 424 g/mol. The molecule has 1 unspecified atom stereocenters. The summed E-state index contributed by atoms with van der Waals surface area (Å²) in [5.41, 5.74) is 1.80. The SMILES string of the molecule is CC(Nc1ccc(NC(=O)c2cccs2)cc1)C(=O)Nc1ccc(S(N)(=O)=O)cc1. The summed E-state index contributed by atoms with van der Waals surface area (Å²) in [5.74, 6) is -0.472. The van der Waals surface area contributed by atoms with E-state index < -0.39 is 16.1 Å². The first-order valence-corrected chi connectivity index (χ1v) is 11.3. The van der Waals surface area contributed by atoms with Crippen LogP contribution in [0.3, 0.4) is 0 Å².